The first-order chi connectivity index (χ1) is 17.1. The number of amides is 2. The van der Waals surface area contributed by atoms with Crippen molar-refractivity contribution in [3.05, 3.63) is 68.6 Å². The van der Waals surface area contributed by atoms with Crippen molar-refractivity contribution in [2.24, 2.45) is 11.8 Å². The van der Waals surface area contributed by atoms with E-state index in [2.05, 4.69) is 42.5 Å². The minimum Gasteiger partial charge on any atom is -0.480 e. The lowest BCUT2D eigenvalue weighted by atomic mass is 10.0. The van der Waals surface area contributed by atoms with Gasteiger partial charge in [-0.1, -0.05) is 77.7 Å². The summed E-state index contributed by atoms with van der Waals surface area (Å²) < 4.78 is 1.84. The largest absolute Gasteiger partial charge is 0.480 e. The Morgan fingerprint density at radius 2 is 1.00 bits per heavy atom. The molecule has 0 aliphatic rings. The quantitative estimate of drug-likeness (QED) is 0.166. The summed E-state index contributed by atoms with van der Waals surface area (Å²) in [5.74, 6) is -3.03. The van der Waals surface area contributed by atoms with E-state index in [1.54, 1.807) is 0 Å². The average molecular weight is 662 g/mol. The van der Waals surface area contributed by atoms with Gasteiger partial charge in [-0.3, -0.25) is 19.2 Å². The van der Waals surface area contributed by atoms with Crippen LogP contribution in [0.5, 0.6) is 0 Å². The second-order valence-corrected chi connectivity index (χ2v) is 12.2. The Hall–Kier alpha value is -2.02. The highest BCUT2D eigenvalue weighted by atomic mass is 79.9. The molecular formula is C24H26Br2N2O6S2. The molecule has 2 atom stereocenters. The number of halogens is 2. The summed E-state index contributed by atoms with van der Waals surface area (Å²) in [6, 6.07) is 15.1. The lowest BCUT2D eigenvalue weighted by Crippen LogP contribution is -2.37. The smallest absolute Gasteiger partial charge is 0.322 e. The molecule has 2 amide bonds. The second kappa shape index (κ2) is 16.0. The van der Waals surface area contributed by atoms with Gasteiger partial charge in [0.2, 0.25) is 11.8 Å². The van der Waals surface area contributed by atoms with Gasteiger partial charge in [0, 0.05) is 20.5 Å². The first-order valence-electron chi connectivity index (χ1n) is 10.9. The van der Waals surface area contributed by atoms with Gasteiger partial charge < -0.3 is 20.8 Å². The number of aliphatic carboxylic acids is 2. The van der Waals surface area contributed by atoms with E-state index in [9.17, 15) is 19.2 Å². The lowest BCUT2D eigenvalue weighted by molar-refractivity contribution is -0.138. The van der Waals surface area contributed by atoms with Gasteiger partial charge in [0.25, 0.3) is 0 Å². The Kier molecular flexibility index (Phi) is 13.4. The van der Waals surface area contributed by atoms with Crippen LogP contribution in [0.3, 0.4) is 0 Å². The summed E-state index contributed by atoms with van der Waals surface area (Å²) in [5, 5.41) is 22.7. The summed E-state index contributed by atoms with van der Waals surface area (Å²) in [4.78, 5) is 47.0. The fraction of sp³-hybridized carbons (Fsp3) is 0.333. The predicted molar refractivity (Wildman–Crippen MR) is 149 cm³/mol. The number of nitrogens with one attached hydrogen (secondary N) is 2. The molecule has 194 valence electrons. The van der Waals surface area contributed by atoms with Crippen molar-refractivity contribution in [2.45, 2.75) is 12.8 Å². The molecular weight excluding hydrogens is 636 g/mol. The van der Waals surface area contributed by atoms with Crippen LogP contribution in [0.2, 0.25) is 0 Å². The Labute approximate surface area is 234 Å². The van der Waals surface area contributed by atoms with Crippen LogP contribution in [-0.2, 0) is 32.0 Å². The first kappa shape index (κ1) is 30.2. The van der Waals surface area contributed by atoms with E-state index < -0.39 is 36.9 Å². The van der Waals surface area contributed by atoms with Crippen LogP contribution in [-0.4, -0.2) is 58.6 Å². The van der Waals surface area contributed by atoms with Crippen LogP contribution < -0.4 is 10.6 Å². The van der Waals surface area contributed by atoms with Crippen molar-refractivity contribution in [2.75, 3.05) is 24.6 Å². The Morgan fingerprint density at radius 1 is 0.667 bits per heavy atom. The van der Waals surface area contributed by atoms with Gasteiger partial charge in [-0.25, -0.2) is 0 Å². The van der Waals surface area contributed by atoms with Gasteiger partial charge in [-0.15, -0.1) is 0 Å². The number of benzene rings is 2. The molecule has 0 saturated heterocycles. The average Bonchev–Trinajstić information content (AvgIpc) is 2.84. The second-order valence-electron chi connectivity index (χ2n) is 7.85. The normalized spacial score (nSPS) is 12.4. The van der Waals surface area contributed by atoms with E-state index in [1.807, 2.05) is 48.5 Å². The fourth-order valence-corrected chi connectivity index (χ4v) is 6.29. The standard InChI is InChI=1S/C24H26Br2N2O6S2/c25-19-5-1-15(2-6-19)9-17(23(33)27-11-21(29)30)13-35-36-14-18(24(34)28-12-22(31)32)10-16-3-7-20(26)8-4-16/h1-8,17-18H,9-14H2,(H,27,33)(H,28,34)(H,29,30)(H,31,32). The van der Waals surface area contributed by atoms with Crippen molar-refractivity contribution in [3.8, 4) is 0 Å². The molecule has 12 heteroatoms. The van der Waals surface area contributed by atoms with E-state index in [0.717, 1.165) is 20.1 Å². The predicted octanol–water partition coefficient (Wildman–Crippen LogP) is 4.01. The maximum atomic E-state index is 12.6. The third-order valence-corrected chi connectivity index (χ3v) is 8.60. The van der Waals surface area contributed by atoms with E-state index in [1.165, 1.54) is 21.6 Å². The fourth-order valence-electron chi connectivity index (χ4n) is 3.14. The van der Waals surface area contributed by atoms with Crippen LogP contribution >= 0.6 is 53.4 Å². The minimum absolute atomic E-state index is 0.348. The lowest BCUT2D eigenvalue weighted by Gasteiger charge is -2.18. The van der Waals surface area contributed by atoms with Gasteiger partial charge in [0.05, 0.1) is 11.8 Å². The molecule has 2 aromatic carbocycles. The molecule has 2 aromatic rings. The molecule has 2 unspecified atom stereocenters. The zero-order valence-electron chi connectivity index (χ0n) is 19.1. The molecule has 0 heterocycles. The summed E-state index contributed by atoms with van der Waals surface area (Å²) in [7, 11) is 2.85. The third-order valence-electron chi connectivity index (χ3n) is 4.98. The number of carboxylic acid groups (broad SMARTS) is 2. The van der Waals surface area contributed by atoms with Crippen LogP contribution in [0.1, 0.15) is 11.1 Å². The number of carbonyl (C=O) groups excluding carboxylic acids is 2. The van der Waals surface area contributed by atoms with E-state index in [0.29, 0.717) is 24.3 Å². The van der Waals surface area contributed by atoms with Crippen molar-refractivity contribution < 1.29 is 29.4 Å². The Morgan fingerprint density at radius 3 is 1.31 bits per heavy atom. The highest BCUT2D eigenvalue weighted by Gasteiger charge is 2.23. The molecule has 36 heavy (non-hydrogen) atoms. The van der Waals surface area contributed by atoms with Gasteiger partial charge >= 0.3 is 11.9 Å². The highest BCUT2D eigenvalue weighted by molar-refractivity contribution is 9.10. The van der Waals surface area contributed by atoms with Crippen LogP contribution in [0.25, 0.3) is 0 Å². The topological polar surface area (TPSA) is 133 Å². The maximum absolute atomic E-state index is 12.6. The Bertz CT molecular complexity index is 954. The zero-order valence-corrected chi connectivity index (χ0v) is 23.9. The van der Waals surface area contributed by atoms with Crippen molar-refractivity contribution >= 4 is 77.2 Å². The van der Waals surface area contributed by atoms with Crippen molar-refractivity contribution in [1.82, 2.24) is 10.6 Å². The van der Waals surface area contributed by atoms with Crippen molar-refractivity contribution in [3.63, 3.8) is 0 Å². The maximum Gasteiger partial charge on any atom is 0.322 e. The van der Waals surface area contributed by atoms with E-state index in [-0.39, 0.29) is 11.8 Å². The summed E-state index contributed by atoms with van der Waals surface area (Å²) >= 11 is 6.77. The molecule has 0 saturated carbocycles. The first-order valence-corrected chi connectivity index (χ1v) is 14.9. The molecule has 2 rings (SSSR count). The number of hydrogen-bond donors (Lipinski definition) is 4. The number of hydrogen-bond acceptors (Lipinski definition) is 6. The number of rotatable bonds is 15. The highest BCUT2D eigenvalue weighted by Crippen LogP contribution is 2.29. The van der Waals surface area contributed by atoms with E-state index in [4.69, 9.17) is 10.2 Å². The molecule has 0 radical (unpaired) electrons. The van der Waals surface area contributed by atoms with Crippen LogP contribution in [0, 0.1) is 11.8 Å². The third kappa shape index (κ3) is 11.8. The minimum atomic E-state index is -1.11. The number of carboxylic acids is 2. The van der Waals surface area contributed by atoms with Crippen molar-refractivity contribution in [1.29, 1.82) is 0 Å². The molecule has 8 nitrogen and oxygen atoms in total. The molecule has 0 aromatic heterocycles. The monoisotopic (exact) mass is 660 g/mol. The molecule has 0 spiro atoms. The van der Waals surface area contributed by atoms with Gasteiger partial charge in [-0.05, 0) is 48.2 Å². The molecule has 0 bridgehead atoms. The van der Waals surface area contributed by atoms with Crippen LogP contribution in [0.15, 0.2) is 57.5 Å². The molecule has 0 fully saturated rings. The molecule has 0 aliphatic carbocycles. The van der Waals surface area contributed by atoms with E-state index >= 15 is 0 Å². The summed E-state index contributed by atoms with van der Waals surface area (Å²) in [6.07, 6.45) is 0.876. The zero-order chi connectivity index (χ0) is 26.5. The SMILES string of the molecule is O=C(O)CNC(=O)C(CSSCC(Cc1ccc(Br)cc1)C(=O)NCC(=O)O)Cc1ccc(Br)cc1. The summed E-state index contributed by atoms with van der Waals surface area (Å²) in [5.41, 5.74) is 1.89. The van der Waals surface area contributed by atoms with Gasteiger partial charge in [-0.2, -0.15) is 0 Å². The van der Waals surface area contributed by atoms with Crippen LogP contribution in [0.4, 0.5) is 0 Å². The molecule has 4 N–H and O–H groups in total. The number of carbonyl (C=O) groups is 4. The molecule has 0 aliphatic heterocycles. The van der Waals surface area contributed by atoms with Gasteiger partial charge in [0.15, 0.2) is 0 Å². The van der Waals surface area contributed by atoms with Gasteiger partial charge in [0.1, 0.15) is 13.1 Å². The summed E-state index contributed by atoms with van der Waals surface area (Å²) in [6.45, 7) is -0.904. The Balaban J connectivity index is 2.00.